The first-order valence-corrected chi connectivity index (χ1v) is 7.69. The number of hydrogen-bond acceptors (Lipinski definition) is 5. The molecule has 0 aliphatic rings. The standard InChI is InChI=1S/C13H19N3O3S/c1-11-3-4-12(10-14)9-13(11)20(17,18)16-6-5-15-7-8-19-2/h3-4,9,15-16H,5-8H2,1-2H3. The molecule has 0 aromatic heterocycles. The van der Waals surface area contributed by atoms with Crippen molar-refractivity contribution in [1.29, 1.82) is 5.26 Å². The molecule has 0 atom stereocenters. The summed E-state index contributed by atoms with van der Waals surface area (Å²) in [7, 11) is -1.98. The minimum Gasteiger partial charge on any atom is -0.383 e. The highest BCUT2D eigenvalue weighted by Gasteiger charge is 2.16. The van der Waals surface area contributed by atoms with Crippen molar-refractivity contribution >= 4 is 10.0 Å². The molecule has 0 radical (unpaired) electrons. The molecule has 1 aromatic rings. The molecule has 7 heteroatoms. The van der Waals surface area contributed by atoms with Gasteiger partial charge in [-0.1, -0.05) is 6.07 Å². The van der Waals surface area contributed by atoms with Crippen molar-refractivity contribution in [2.75, 3.05) is 33.4 Å². The smallest absolute Gasteiger partial charge is 0.240 e. The van der Waals surface area contributed by atoms with E-state index in [1.165, 1.54) is 6.07 Å². The molecular weight excluding hydrogens is 278 g/mol. The van der Waals surface area contributed by atoms with Crippen molar-refractivity contribution in [2.24, 2.45) is 0 Å². The molecule has 0 aliphatic carbocycles. The molecule has 0 saturated heterocycles. The first-order valence-electron chi connectivity index (χ1n) is 6.21. The zero-order valence-corrected chi connectivity index (χ0v) is 12.5. The van der Waals surface area contributed by atoms with Crippen molar-refractivity contribution in [2.45, 2.75) is 11.8 Å². The quantitative estimate of drug-likeness (QED) is 0.677. The van der Waals surface area contributed by atoms with Crippen LogP contribution in [0.2, 0.25) is 0 Å². The van der Waals surface area contributed by atoms with Gasteiger partial charge in [-0.3, -0.25) is 0 Å². The van der Waals surface area contributed by atoms with Gasteiger partial charge in [0, 0.05) is 26.7 Å². The summed E-state index contributed by atoms with van der Waals surface area (Å²) in [5, 5.41) is 11.9. The number of nitrogens with one attached hydrogen (secondary N) is 2. The highest BCUT2D eigenvalue weighted by Crippen LogP contribution is 2.16. The number of nitriles is 1. The van der Waals surface area contributed by atoms with Gasteiger partial charge in [0.2, 0.25) is 10.0 Å². The second-order valence-corrected chi connectivity index (χ2v) is 5.97. The maximum absolute atomic E-state index is 12.1. The van der Waals surface area contributed by atoms with E-state index < -0.39 is 10.0 Å². The summed E-state index contributed by atoms with van der Waals surface area (Å²) in [4.78, 5) is 0.147. The summed E-state index contributed by atoms with van der Waals surface area (Å²) < 4.78 is 31.6. The number of methoxy groups -OCH3 is 1. The highest BCUT2D eigenvalue weighted by atomic mass is 32.2. The summed E-state index contributed by atoms with van der Waals surface area (Å²) >= 11 is 0. The summed E-state index contributed by atoms with van der Waals surface area (Å²) in [6, 6.07) is 6.55. The first kappa shape index (κ1) is 16.6. The van der Waals surface area contributed by atoms with E-state index in [1.807, 2.05) is 6.07 Å². The molecule has 110 valence electrons. The third-order valence-corrected chi connectivity index (χ3v) is 4.29. The van der Waals surface area contributed by atoms with E-state index >= 15 is 0 Å². The largest absolute Gasteiger partial charge is 0.383 e. The Labute approximate surface area is 119 Å². The van der Waals surface area contributed by atoms with Crippen LogP contribution in [0.1, 0.15) is 11.1 Å². The van der Waals surface area contributed by atoms with Crippen LogP contribution in [0.25, 0.3) is 0 Å². The van der Waals surface area contributed by atoms with E-state index in [0.717, 1.165) is 0 Å². The van der Waals surface area contributed by atoms with Crippen molar-refractivity contribution in [3.8, 4) is 6.07 Å². The van der Waals surface area contributed by atoms with E-state index in [0.29, 0.717) is 30.8 Å². The topological polar surface area (TPSA) is 91.2 Å². The second-order valence-electron chi connectivity index (χ2n) is 4.23. The summed E-state index contributed by atoms with van der Waals surface area (Å²) in [6.07, 6.45) is 0. The highest BCUT2D eigenvalue weighted by molar-refractivity contribution is 7.89. The van der Waals surface area contributed by atoms with Crippen LogP contribution in [0.5, 0.6) is 0 Å². The Morgan fingerprint density at radius 1 is 1.30 bits per heavy atom. The van der Waals surface area contributed by atoms with Crippen molar-refractivity contribution in [1.82, 2.24) is 10.0 Å². The SMILES string of the molecule is COCCNCCNS(=O)(=O)c1cc(C#N)ccc1C. The molecule has 20 heavy (non-hydrogen) atoms. The molecule has 1 aromatic carbocycles. The Bertz CT molecular complexity index is 579. The van der Waals surface area contributed by atoms with Crippen LogP contribution in [0.15, 0.2) is 23.1 Å². The fourth-order valence-electron chi connectivity index (χ4n) is 1.61. The minimum atomic E-state index is -3.59. The molecule has 0 fully saturated rings. The lowest BCUT2D eigenvalue weighted by Gasteiger charge is -2.10. The van der Waals surface area contributed by atoms with Crippen molar-refractivity contribution in [3.63, 3.8) is 0 Å². The lowest BCUT2D eigenvalue weighted by Crippen LogP contribution is -2.33. The Hall–Kier alpha value is -1.46. The lowest BCUT2D eigenvalue weighted by atomic mass is 10.2. The molecule has 0 heterocycles. The van der Waals surface area contributed by atoms with Crippen LogP contribution in [-0.2, 0) is 14.8 Å². The average molecular weight is 297 g/mol. The molecule has 0 saturated carbocycles. The van der Waals surface area contributed by atoms with E-state index in [4.69, 9.17) is 10.00 Å². The maximum Gasteiger partial charge on any atom is 0.240 e. The van der Waals surface area contributed by atoms with Gasteiger partial charge in [-0.2, -0.15) is 5.26 Å². The third-order valence-electron chi connectivity index (χ3n) is 2.68. The van der Waals surface area contributed by atoms with Crippen LogP contribution >= 0.6 is 0 Å². The number of sulfonamides is 1. The van der Waals surface area contributed by atoms with Gasteiger partial charge in [0.25, 0.3) is 0 Å². The number of ether oxygens (including phenoxy) is 1. The van der Waals surface area contributed by atoms with Crippen molar-refractivity contribution < 1.29 is 13.2 Å². The van der Waals surface area contributed by atoms with Gasteiger partial charge < -0.3 is 10.1 Å². The van der Waals surface area contributed by atoms with E-state index in [2.05, 4.69) is 10.0 Å². The Morgan fingerprint density at radius 3 is 2.70 bits per heavy atom. The maximum atomic E-state index is 12.1. The van der Waals surface area contributed by atoms with E-state index in [9.17, 15) is 8.42 Å². The molecule has 0 amide bonds. The first-order chi connectivity index (χ1) is 9.51. The Balaban J connectivity index is 2.63. The van der Waals surface area contributed by atoms with Gasteiger partial charge in [0.15, 0.2) is 0 Å². The second kappa shape index (κ2) is 7.97. The average Bonchev–Trinajstić information content (AvgIpc) is 2.43. The monoisotopic (exact) mass is 297 g/mol. The van der Waals surface area contributed by atoms with Crippen LogP contribution in [0.4, 0.5) is 0 Å². The van der Waals surface area contributed by atoms with Gasteiger partial charge in [-0.05, 0) is 24.6 Å². The molecule has 2 N–H and O–H groups in total. The fourth-order valence-corrected chi connectivity index (χ4v) is 2.91. The van der Waals surface area contributed by atoms with Crippen LogP contribution in [0, 0.1) is 18.3 Å². The van der Waals surface area contributed by atoms with Gasteiger partial charge in [-0.25, -0.2) is 13.1 Å². The normalized spacial score (nSPS) is 11.2. The lowest BCUT2D eigenvalue weighted by molar-refractivity contribution is 0.199. The van der Waals surface area contributed by atoms with Gasteiger partial charge in [-0.15, -0.1) is 0 Å². The van der Waals surface area contributed by atoms with E-state index in [-0.39, 0.29) is 11.4 Å². The fraction of sp³-hybridized carbons (Fsp3) is 0.462. The molecule has 0 aliphatic heterocycles. The number of rotatable bonds is 8. The van der Waals surface area contributed by atoms with Crippen LogP contribution < -0.4 is 10.0 Å². The molecule has 0 bridgehead atoms. The zero-order valence-electron chi connectivity index (χ0n) is 11.6. The molecule has 6 nitrogen and oxygen atoms in total. The predicted octanol–water partition coefficient (Wildman–Crippen LogP) is 0.381. The minimum absolute atomic E-state index is 0.147. The zero-order chi connectivity index (χ0) is 15.0. The number of nitrogens with zero attached hydrogens (tertiary/aromatic N) is 1. The van der Waals surface area contributed by atoms with Gasteiger partial charge in [0.1, 0.15) is 0 Å². The molecular formula is C13H19N3O3S. The molecule has 0 unspecified atom stereocenters. The van der Waals surface area contributed by atoms with Crippen molar-refractivity contribution in [3.05, 3.63) is 29.3 Å². The molecule has 1 rings (SSSR count). The number of benzene rings is 1. The van der Waals surface area contributed by atoms with Gasteiger partial charge in [0.05, 0.1) is 23.1 Å². The number of aryl methyl sites for hydroxylation is 1. The summed E-state index contributed by atoms with van der Waals surface area (Å²) in [5.74, 6) is 0. The Morgan fingerprint density at radius 2 is 2.05 bits per heavy atom. The number of hydrogen-bond donors (Lipinski definition) is 2. The summed E-state index contributed by atoms with van der Waals surface area (Å²) in [5.41, 5.74) is 0.943. The third kappa shape index (κ3) is 4.90. The van der Waals surface area contributed by atoms with Crippen LogP contribution in [-0.4, -0.2) is 41.8 Å². The molecule has 0 spiro atoms. The summed E-state index contributed by atoms with van der Waals surface area (Å²) in [6.45, 7) is 3.74. The Kier molecular flexibility index (Phi) is 6.61. The van der Waals surface area contributed by atoms with E-state index in [1.54, 1.807) is 26.2 Å². The van der Waals surface area contributed by atoms with Gasteiger partial charge >= 0.3 is 0 Å². The van der Waals surface area contributed by atoms with Crippen LogP contribution in [0.3, 0.4) is 0 Å². The predicted molar refractivity (Wildman–Crippen MR) is 75.8 cm³/mol.